The first-order valence-corrected chi connectivity index (χ1v) is 4.28. The van der Waals surface area contributed by atoms with Crippen LogP contribution in [0.2, 0.25) is 0 Å². The standard InChI is InChI=1S/C9H9ClFNO/c10-5-8(13)3-6-1-2-7(11)4-9(6)12/h1-2,4H,3,5,12H2. The molecule has 1 rings (SSSR count). The van der Waals surface area contributed by atoms with Gasteiger partial charge in [-0.15, -0.1) is 11.6 Å². The number of alkyl halides is 1. The molecule has 2 nitrogen and oxygen atoms in total. The third-order valence-electron chi connectivity index (χ3n) is 1.64. The summed E-state index contributed by atoms with van der Waals surface area (Å²) in [6.45, 7) is 0. The van der Waals surface area contributed by atoms with E-state index in [2.05, 4.69) is 0 Å². The van der Waals surface area contributed by atoms with Gasteiger partial charge >= 0.3 is 0 Å². The lowest BCUT2D eigenvalue weighted by atomic mass is 10.1. The molecule has 2 N–H and O–H groups in total. The highest BCUT2D eigenvalue weighted by Gasteiger charge is 2.05. The Balaban J connectivity index is 2.83. The zero-order valence-electron chi connectivity index (χ0n) is 6.89. The fraction of sp³-hybridized carbons (Fsp3) is 0.222. The fourth-order valence-corrected chi connectivity index (χ4v) is 1.08. The van der Waals surface area contributed by atoms with Crippen LogP contribution in [0.1, 0.15) is 5.56 Å². The number of hydrogen-bond donors (Lipinski definition) is 1. The van der Waals surface area contributed by atoms with Crippen LogP contribution in [0, 0.1) is 5.82 Å². The van der Waals surface area contributed by atoms with Crippen LogP contribution in [-0.4, -0.2) is 11.7 Å². The van der Waals surface area contributed by atoms with E-state index in [1.54, 1.807) is 0 Å². The summed E-state index contributed by atoms with van der Waals surface area (Å²) in [6.07, 6.45) is 0.162. The zero-order chi connectivity index (χ0) is 9.84. The SMILES string of the molecule is Nc1cc(F)ccc1CC(=O)CCl. The summed E-state index contributed by atoms with van der Waals surface area (Å²) in [5.74, 6) is -0.573. The highest BCUT2D eigenvalue weighted by atomic mass is 35.5. The van der Waals surface area contributed by atoms with Crippen LogP contribution < -0.4 is 5.73 Å². The number of ketones is 1. The lowest BCUT2D eigenvalue weighted by molar-refractivity contribution is -0.116. The number of halogens is 2. The van der Waals surface area contributed by atoms with Crippen LogP contribution in [0.25, 0.3) is 0 Å². The van der Waals surface area contributed by atoms with Crippen molar-refractivity contribution in [3.05, 3.63) is 29.6 Å². The van der Waals surface area contributed by atoms with Crippen LogP contribution in [0.5, 0.6) is 0 Å². The molecule has 1 aromatic carbocycles. The molecule has 0 saturated heterocycles. The van der Waals surface area contributed by atoms with Crippen LogP contribution in [0.15, 0.2) is 18.2 Å². The molecule has 0 atom stereocenters. The molecule has 0 aliphatic heterocycles. The highest BCUT2D eigenvalue weighted by molar-refractivity contribution is 6.27. The van der Waals surface area contributed by atoms with Gasteiger partial charge in [0, 0.05) is 12.1 Å². The van der Waals surface area contributed by atoms with Gasteiger partial charge in [0.2, 0.25) is 0 Å². The van der Waals surface area contributed by atoms with Crippen molar-refractivity contribution in [1.29, 1.82) is 0 Å². The number of nitrogens with two attached hydrogens (primary N) is 1. The minimum Gasteiger partial charge on any atom is -0.398 e. The number of carbonyl (C=O) groups excluding carboxylic acids is 1. The molecule has 0 aliphatic carbocycles. The largest absolute Gasteiger partial charge is 0.398 e. The molecule has 0 spiro atoms. The summed E-state index contributed by atoms with van der Waals surface area (Å²) < 4.78 is 12.6. The average molecular weight is 202 g/mol. The van der Waals surface area contributed by atoms with Gasteiger partial charge in [0.1, 0.15) is 5.82 Å². The first kappa shape index (κ1) is 9.99. The summed E-state index contributed by atoms with van der Waals surface area (Å²) >= 11 is 5.32. The minimum absolute atomic E-state index is 0.0448. The van der Waals surface area contributed by atoms with E-state index in [0.29, 0.717) is 11.3 Å². The second-order valence-electron chi connectivity index (χ2n) is 2.69. The summed E-state index contributed by atoms with van der Waals surface area (Å²) in [5, 5.41) is 0. The van der Waals surface area contributed by atoms with Crippen molar-refractivity contribution >= 4 is 23.1 Å². The van der Waals surface area contributed by atoms with Gasteiger partial charge < -0.3 is 5.73 Å². The van der Waals surface area contributed by atoms with Gasteiger partial charge in [-0.25, -0.2) is 4.39 Å². The van der Waals surface area contributed by atoms with E-state index in [9.17, 15) is 9.18 Å². The van der Waals surface area contributed by atoms with Crippen molar-refractivity contribution in [2.24, 2.45) is 0 Å². The van der Waals surface area contributed by atoms with Gasteiger partial charge in [-0.2, -0.15) is 0 Å². The van der Waals surface area contributed by atoms with Crippen LogP contribution in [0.4, 0.5) is 10.1 Å². The van der Waals surface area contributed by atoms with Crippen molar-refractivity contribution in [2.45, 2.75) is 6.42 Å². The zero-order valence-corrected chi connectivity index (χ0v) is 7.64. The van der Waals surface area contributed by atoms with Gasteiger partial charge in [0.05, 0.1) is 5.88 Å². The first-order chi connectivity index (χ1) is 6.13. The van der Waals surface area contributed by atoms with Gasteiger partial charge in [-0.3, -0.25) is 4.79 Å². The van der Waals surface area contributed by atoms with Gasteiger partial charge in [0.15, 0.2) is 5.78 Å². The summed E-state index contributed by atoms with van der Waals surface area (Å²) in [4.78, 5) is 10.9. The molecule has 0 unspecified atom stereocenters. The summed E-state index contributed by atoms with van der Waals surface area (Å²) in [5.41, 5.74) is 6.40. The fourth-order valence-electron chi connectivity index (χ4n) is 0.986. The predicted molar refractivity (Wildman–Crippen MR) is 50.2 cm³/mol. The lowest BCUT2D eigenvalue weighted by Gasteiger charge is -2.02. The van der Waals surface area contributed by atoms with E-state index in [0.717, 1.165) is 0 Å². The highest BCUT2D eigenvalue weighted by Crippen LogP contribution is 2.14. The number of nitrogen functional groups attached to an aromatic ring is 1. The van der Waals surface area contributed by atoms with Crippen molar-refractivity contribution in [1.82, 2.24) is 0 Å². The van der Waals surface area contributed by atoms with Crippen molar-refractivity contribution in [2.75, 3.05) is 11.6 Å². The Morgan fingerprint density at radius 2 is 2.23 bits per heavy atom. The molecule has 0 fully saturated rings. The second kappa shape index (κ2) is 4.23. The molecule has 0 bridgehead atoms. The monoisotopic (exact) mass is 201 g/mol. The third kappa shape index (κ3) is 2.70. The van der Waals surface area contributed by atoms with Crippen molar-refractivity contribution in [3.8, 4) is 0 Å². The normalized spacial score (nSPS) is 10.0. The van der Waals surface area contributed by atoms with E-state index in [1.807, 2.05) is 0 Å². The van der Waals surface area contributed by atoms with E-state index in [1.165, 1.54) is 18.2 Å². The van der Waals surface area contributed by atoms with Crippen molar-refractivity contribution in [3.63, 3.8) is 0 Å². The van der Waals surface area contributed by atoms with Crippen LogP contribution in [-0.2, 0) is 11.2 Å². The molecule has 0 radical (unpaired) electrons. The topological polar surface area (TPSA) is 43.1 Å². The van der Waals surface area contributed by atoms with E-state index in [-0.39, 0.29) is 18.1 Å². The number of benzene rings is 1. The summed E-state index contributed by atoms with van der Waals surface area (Å²) in [6, 6.07) is 3.96. The maximum Gasteiger partial charge on any atom is 0.152 e. The molecular weight excluding hydrogens is 193 g/mol. The Hall–Kier alpha value is -1.09. The van der Waals surface area contributed by atoms with Gasteiger partial charge in [-0.1, -0.05) is 6.07 Å². The Morgan fingerprint density at radius 1 is 1.54 bits per heavy atom. The second-order valence-corrected chi connectivity index (χ2v) is 2.96. The molecule has 13 heavy (non-hydrogen) atoms. The number of anilines is 1. The molecule has 70 valence electrons. The molecule has 4 heteroatoms. The Bertz CT molecular complexity index is 327. The molecule has 0 aliphatic rings. The lowest BCUT2D eigenvalue weighted by Crippen LogP contribution is -2.06. The number of rotatable bonds is 3. The molecule has 0 amide bonds. The average Bonchev–Trinajstić information content (AvgIpc) is 2.09. The van der Waals surface area contributed by atoms with E-state index < -0.39 is 5.82 Å². The molecule has 0 heterocycles. The molecule has 1 aromatic rings. The van der Waals surface area contributed by atoms with E-state index >= 15 is 0 Å². The van der Waals surface area contributed by atoms with Gasteiger partial charge in [-0.05, 0) is 17.7 Å². The number of Topliss-reactive ketones (excluding diaryl/α,β-unsaturated/α-hetero) is 1. The predicted octanol–water partition coefficient (Wildman–Crippen LogP) is 1.76. The Morgan fingerprint density at radius 3 is 2.77 bits per heavy atom. The summed E-state index contributed by atoms with van der Waals surface area (Å²) in [7, 11) is 0. The number of carbonyl (C=O) groups is 1. The number of hydrogen-bond acceptors (Lipinski definition) is 2. The molecular formula is C9H9ClFNO. The first-order valence-electron chi connectivity index (χ1n) is 3.75. The minimum atomic E-state index is -0.403. The van der Waals surface area contributed by atoms with Crippen LogP contribution in [0.3, 0.4) is 0 Å². The van der Waals surface area contributed by atoms with Gasteiger partial charge in [0.25, 0.3) is 0 Å². The Labute approximate surface area is 80.5 Å². The van der Waals surface area contributed by atoms with Crippen molar-refractivity contribution < 1.29 is 9.18 Å². The Kier molecular flexibility index (Phi) is 3.25. The maximum absolute atomic E-state index is 12.6. The molecule has 0 aromatic heterocycles. The molecule has 0 saturated carbocycles. The van der Waals surface area contributed by atoms with E-state index in [4.69, 9.17) is 17.3 Å². The van der Waals surface area contributed by atoms with Crippen LogP contribution >= 0.6 is 11.6 Å². The quantitative estimate of drug-likeness (QED) is 0.598. The maximum atomic E-state index is 12.6. The smallest absolute Gasteiger partial charge is 0.152 e. The third-order valence-corrected chi connectivity index (χ3v) is 1.94.